The summed E-state index contributed by atoms with van der Waals surface area (Å²) < 4.78 is 0. The predicted molar refractivity (Wildman–Crippen MR) is 62.6 cm³/mol. The van der Waals surface area contributed by atoms with E-state index >= 15 is 0 Å². The lowest BCUT2D eigenvalue weighted by Crippen LogP contribution is -2.18. The summed E-state index contributed by atoms with van der Waals surface area (Å²) in [4.78, 5) is 0. The normalized spacial score (nSPS) is 13.4. The third kappa shape index (κ3) is 3.52. The molecule has 1 aromatic rings. The Kier molecular flexibility index (Phi) is 4.71. The molecule has 0 fully saturated rings. The van der Waals surface area contributed by atoms with Crippen molar-refractivity contribution < 1.29 is 0 Å². The summed E-state index contributed by atoms with van der Waals surface area (Å²) in [6, 6.07) is 8.88. The molecule has 1 atom stereocenters. The summed E-state index contributed by atoms with van der Waals surface area (Å²) >= 11 is 5.44. The molecule has 2 heteroatoms. The topological polar surface area (TPSA) is 12.0 Å². The molecule has 0 aliphatic carbocycles. The van der Waals surface area contributed by atoms with E-state index in [1.807, 2.05) is 6.08 Å². The standard InChI is InChI=1S/C12H16ClN/c1-10-5-3-6-12(9-10)11(2)14-8-4-7-13/h3-7,9,11,14H,8H2,1-2H3/b7-4+/t11-/m1/s1. The minimum absolute atomic E-state index is 0.364. The van der Waals surface area contributed by atoms with Gasteiger partial charge in [0.25, 0.3) is 0 Å². The summed E-state index contributed by atoms with van der Waals surface area (Å²) in [6.07, 6.45) is 1.90. The van der Waals surface area contributed by atoms with E-state index in [9.17, 15) is 0 Å². The SMILES string of the molecule is Cc1cccc([C@@H](C)NC/C=C/Cl)c1. The second kappa shape index (κ2) is 5.84. The molecule has 1 aromatic carbocycles. The average molecular weight is 210 g/mol. The number of halogens is 1. The van der Waals surface area contributed by atoms with Crippen LogP contribution in [0.5, 0.6) is 0 Å². The molecule has 14 heavy (non-hydrogen) atoms. The monoisotopic (exact) mass is 209 g/mol. The van der Waals surface area contributed by atoms with Crippen LogP contribution in [0.3, 0.4) is 0 Å². The van der Waals surface area contributed by atoms with E-state index in [0.717, 1.165) is 6.54 Å². The van der Waals surface area contributed by atoms with Crippen molar-refractivity contribution >= 4 is 11.6 Å². The van der Waals surface area contributed by atoms with Crippen molar-refractivity contribution in [1.29, 1.82) is 0 Å². The largest absolute Gasteiger partial charge is 0.307 e. The Labute approximate surface area is 90.8 Å². The third-order valence-electron chi connectivity index (χ3n) is 2.17. The van der Waals surface area contributed by atoms with Crippen molar-refractivity contribution in [2.24, 2.45) is 0 Å². The van der Waals surface area contributed by atoms with E-state index in [1.165, 1.54) is 16.7 Å². The molecule has 1 N–H and O–H groups in total. The minimum Gasteiger partial charge on any atom is -0.307 e. The van der Waals surface area contributed by atoms with Crippen LogP contribution in [0.4, 0.5) is 0 Å². The van der Waals surface area contributed by atoms with Crippen LogP contribution in [0, 0.1) is 6.92 Å². The molecule has 76 valence electrons. The number of nitrogens with one attached hydrogen (secondary N) is 1. The van der Waals surface area contributed by atoms with Crippen LogP contribution in [0.2, 0.25) is 0 Å². The molecule has 0 saturated carbocycles. The van der Waals surface area contributed by atoms with Crippen molar-refractivity contribution in [3.05, 3.63) is 47.0 Å². The molecule has 0 aliphatic rings. The number of benzene rings is 1. The quantitative estimate of drug-likeness (QED) is 0.802. The van der Waals surface area contributed by atoms with Crippen molar-refractivity contribution in [3.8, 4) is 0 Å². The molecule has 0 heterocycles. The molecular formula is C12H16ClN. The van der Waals surface area contributed by atoms with Gasteiger partial charge in [0, 0.05) is 18.1 Å². The van der Waals surface area contributed by atoms with Gasteiger partial charge in [0.1, 0.15) is 0 Å². The van der Waals surface area contributed by atoms with Crippen molar-refractivity contribution in [2.45, 2.75) is 19.9 Å². The summed E-state index contributed by atoms with van der Waals surface area (Å²) in [7, 11) is 0. The number of hydrogen-bond acceptors (Lipinski definition) is 1. The average Bonchev–Trinajstić information content (AvgIpc) is 2.18. The summed E-state index contributed by atoms with van der Waals surface area (Å²) in [5, 5.41) is 3.36. The zero-order valence-electron chi connectivity index (χ0n) is 8.63. The zero-order valence-corrected chi connectivity index (χ0v) is 9.38. The van der Waals surface area contributed by atoms with E-state index in [-0.39, 0.29) is 0 Å². The highest BCUT2D eigenvalue weighted by atomic mass is 35.5. The van der Waals surface area contributed by atoms with Crippen molar-refractivity contribution in [3.63, 3.8) is 0 Å². The number of rotatable bonds is 4. The fraction of sp³-hybridized carbons (Fsp3) is 0.333. The Morgan fingerprint density at radius 2 is 2.29 bits per heavy atom. The first-order chi connectivity index (χ1) is 6.74. The smallest absolute Gasteiger partial charge is 0.0294 e. The highest BCUT2D eigenvalue weighted by molar-refractivity contribution is 6.25. The maximum absolute atomic E-state index is 5.44. The van der Waals surface area contributed by atoms with Gasteiger partial charge in [-0.25, -0.2) is 0 Å². The van der Waals surface area contributed by atoms with Crippen LogP contribution in [0.25, 0.3) is 0 Å². The summed E-state index contributed by atoms with van der Waals surface area (Å²) in [6.45, 7) is 5.06. The van der Waals surface area contributed by atoms with E-state index < -0.39 is 0 Å². The molecule has 1 nitrogen and oxygen atoms in total. The van der Waals surface area contributed by atoms with Gasteiger partial charge in [0.05, 0.1) is 0 Å². The lowest BCUT2D eigenvalue weighted by atomic mass is 10.1. The van der Waals surface area contributed by atoms with Crippen molar-refractivity contribution in [2.75, 3.05) is 6.54 Å². The molecule has 0 aromatic heterocycles. The maximum atomic E-state index is 5.44. The van der Waals surface area contributed by atoms with Crippen LogP contribution in [0.1, 0.15) is 24.1 Å². The molecule has 0 spiro atoms. The molecular weight excluding hydrogens is 194 g/mol. The minimum atomic E-state index is 0.364. The van der Waals surface area contributed by atoms with Gasteiger partial charge in [-0.1, -0.05) is 47.5 Å². The van der Waals surface area contributed by atoms with E-state index in [4.69, 9.17) is 11.6 Å². The highest BCUT2D eigenvalue weighted by Gasteiger charge is 2.02. The first-order valence-electron chi connectivity index (χ1n) is 4.79. The fourth-order valence-corrected chi connectivity index (χ4v) is 1.44. The van der Waals surface area contributed by atoms with Gasteiger partial charge >= 0.3 is 0 Å². The number of hydrogen-bond donors (Lipinski definition) is 1. The molecule has 1 rings (SSSR count). The molecule has 0 aliphatic heterocycles. The summed E-state index contributed by atoms with van der Waals surface area (Å²) in [5.74, 6) is 0. The Morgan fingerprint density at radius 3 is 2.93 bits per heavy atom. The molecule has 0 bridgehead atoms. The lowest BCUT2D eigenvalue weighted by molar-refractivity contribution is 0.617. The molecule has 0 unspecified atom stereocenters. The maximum Gasteiger partial charge on any atom is 0.0294 e. The Hall–Kier alpha value is -0.790. The van der Waals surface area contributed by atoms with Crippen LogP contribution >= 0.6 is 11.6 Å². The second-order valence-corrected chi connectivity index (χ2v) is 3.66. The van der Waals surface area contributed by atoms with E-state index in [1.54, 1.807) is 0 Å². The Balaban J connectivity index is 2.55. The van der Waals surface area contributed by atoms with Crippen LogP contribution in [-0.4, -0.2) is 6.54 Å². The second-order valence-electron chi connectivity index (χ2n) is 3.41. The van der Waals surface area contributed by atoms with Crippen LogP contribution in [0.15, 0.2) is 35.9 Å². The van der Waals surface area contributed by atoms with Gasteiger partial charge in [-0.05, 0) is 19.4 Å². The predicted octanol–water partition coefficient (Wildman–Crippen LogP) is 3.40. The van der Waals surface area contributed by atoms with Crippen LogP contribution in [-0.2, 0) is 0 Å². The van der Waals surface area contributed by atoms with Gasteiger partial charge < -0.3 is 5.32 Å². The lowest BCUT2D eigenvalue weighted by Gasteiger charge is -2.13. The Morgan fingerprint density at radius 1 is 1.50 bits per heavy atom. The first kappa shape index (κ1) is 11.3. The first-order valence-corrected chi connectivity index (χ1v) is 5.23. The fourth-order valence-electron chi connectivity index (χ4n) is 1.35. The van der Waals surface area contributed by atoms with Gasteiger partial charge in [-0.3, -0.25) is 0 Å². The van der Waals surface area contributed by atoms with E-state index in [0.29, 0.717) is 6.04 Å². The molecule has 0 radical (unpaired) electrons. The third-order valence-corrected chi connectivity index (χ3v) is 2.35. The van der Waals surface area contributed by atoms with Gasteiger partial charge in [0.2, 0.25) is 0 Å². The van der Waals surface area contributed by atoms with Gasteiger partial charge in [0.15, 0.2) is 0 Å². The molecule has 0 amide bonds. The van der Waals surface area contributed by atoms with Gasteiger partial charge in [-0.2, -0.15) is 0 Å². The summed E-state index contributed by atoms with van der Waals surface area (Å²) in [5.41, 5.74) is 4.15. The van der Waals surface area contributed by atoms with Gasteiger partial charge in [-0.15, -0.1) is 0 Å². The zero-order chi connectivity index (χ0) is 10.4. The van der Waals surface area contributed by atoms with Crippen LogP contribution < -0.4 is 5.32 Å². The Bertz CT molecular complexity index is 307. The highest BCUT2D eigenvalue weighted by Crippen LogP contribution is 2.13. The van der Waals surface area contributed by atoms with Crippen molar-refractivity contribution in [1.82, 2.24) is 5.32 Å². The molecule has 0 saturated heterocycles. The van der Waals surface area contributed by atoms with E-state index in [2.05, 4.69) is 43.4 Å². The number of aryl methyl sites for hydroxylation is 1.